The summed E-state index contributed by atoms with van der Waals surface area (Å²) in [6.07, 6.45) is 3.13. The standard InChI is InChI=1S/C16H21ClN2O3/c1-21-13-8-12(14(22-2)7-11(13)17)19-15(20)10-9-16(10)3-5-18-6-4-16/h7-8,10,18H,3-6,9H2,1-2H3,(H,19,20). The van der Waals surface area contributed by atoms with E-state index >= 15 is 0 Å². The number of benzene rings is 1. The molecule has 1 unspecified atom stereocenters. The zero-order chi connectivity index (χ0) is 15.7. The number of rotatable bonds is 4. The van der Waals surface area contributed by atoms with Crippen LogP contribution in [0.25, 0.3) is 0 Å². The van der Waals surface area contributed by atoms with Crippen molar-refractivity contribution >= 4 is 23.2 Å². The molecule has 1 spiro atoms. The Morgan fingerprint density at radius 2 is 1.95 bits per heavy atom. The highest BCUT2D eigenvalue weighted by molar-refractivity contribution is 6.32. The lowest BCUT2D eigenvalue weighted by molar-refractivity contribution is -0.118. The van der Waals surface area contributed by atoms with E-state index in [0.29, 0.717) is 22.2 Å². The van der Waals surface area contributed by atoms with Crippen molar-refractivity contribution in [2.75, 3.05) is 32.6 Å². The number of ether oxygens (including phenoxy) is 2. The third-order valence-electron chi connectivity index (χ3n) is 4.84. The summed E-state index contributed by atoms with van der Waals surface area (Å²) in [5.74, 6) is 1.22. The minimum absolute atomic E-state index is 0.0598. The van der Waals surface area contributed by atoms with Crippen LogP contribution < -0.4 is 20.1 Å². The van der Waals surface area contributed by atoms with Crippen molar-refractivity contribution < 1.29 is 14.3 Å². The Morgan fingerprint density at radius 3 is 2.59 bits per heavy atom. The van der Waals surface area contributed by atoms with Crippen molar-refractivity contribution in [1.82, 2.24) is 5.32 Å². The lowest BCUT2D eigenvalue weighted by Gasteiger charge is -2.23. The van der Waals surface area contributed by atoms with Gasteiger partial charge < -0.3 is 20.1 Å². The van der Waals surface area contributed by atoms with Gasteiger partial charge in [-0.1, -0.05) is 11.6 Å². The molecule has 120 valence electrons. The molecule has 0 bridgehead atoms. The van der Waals surface area contributed by atoms with Gasteiger partial charge in [-0.3, -0.25) is 4.79 Å². The number of piperidine rings is 1. The molecule has 3 rings (SSSR count). The van der Waals surface area contributed by atoms with Crippen LogP contribution in [0, 0.1) is 11.3 Å². The first-order chi connectivity index (χ1) is 10.6. The van der Waals surface area contributed by atoms with Crippen LogP contribution in [-0.2, 0) is 4.79 Å². The van der Waals surface area contributed by atoms with Gasteiger partial charge in [0.15, 0.2) is 0 Å². The van der Waals surface area contributed by atoms with Crippen LogP contribution in [0.1, 0.15) is 19.3 Å². The summed E-state index contributed by atoms with van der Waals surface area (Å²) in [5.41, 5.74) is 0.809. The normalized spacial score (nSPS) is 22.2. The third-order valence-corrected chi connectivity index (χ3v) is 5.13. The number of carbonyl (C=O) groups is 1. The van der Waals surface area contributed by atoms with Gasteiger partial charge in [0.2, 0.25) is 5.91 Å². The summed E-state index contributed by atoms with van der Waals surface area (Å²) in [6.45, 7) is 2.00. The van der Waals surface area contributed by atoms with Crippen LogP contribution in [0.5, 0.6) is 11.5 Å². The van der Waals surface area contributed by atoms with Crippen molar-refractivity contribution in [2.24, 2.45) is 11.3 Å². The minimum Gasteiger partial charge on any atom is -0.495 e. The van der Waals surface area contributed by atoms with Crippen LogP contribution in [0.3, 0.4) is 0 Å². The van der Waals surface area contributed by atoms with Gasteiger partial charge in [-0.05, 0) is 37.8 Å². The Kier molecular flexibility index (Phi) is 4.19. The number of methoxy groups -OCH3 is 2. The van der Waals surface area contributed by atoms with Crippen molar-refractivity contribution in [1.29, 1.82) is 0 Å². The molecular weight excluding hydrogens is 304 g/mol. The fourth-order valence-corrected chi connectivity index (χ4v) is 3.60. The topological polar surface area (TPSA) is 59.6 Å². The van der Waals surface area contributed by atoms with Crippen molar-refractivity contribution in [3.8, 4) is 11.5 Å². The maximum absolute atomic E-state index is 12.5. The van der Waals surface area contributed by atoms with E-state index < -0.39 is 0 Å². The summed E-state index contributed by atoms with van der Waals surface area (Å²) < 4.78 is 10.5. The molecule has 1 aliphatic carbocycles. The van der Waals surface area contributed by atoms with E-state index in [2.05, 4.69) is 10.6 Å². The maximum atomic E-state index is 12.5. The second kappa shape index (κ2) is 5.97. The first-order valence-electron chi connectivity index (χ1n) is 7.53. The second-order valence-electron chi connectivity index (χ2n) is 6.05. The van der Waals surface area contributed by atoms with E-state index in [0.717, 1.165) is 32.4 Å². The largest absolute Gasteiger partial charge is 0.495 e. The molecule has 1 aromatic carbocycles. The number of hydrogen-bond donors (Lipinski definition) is 2. The monoisotopic (exact) mass is 324 g/mol. The highest BCUT2D eigenvalue weighted by Gasteiger charge is 2.57. The summed E-state index contributed by atoms with van der Waals surface area (Å²) in [6, 6.07) is 3.36. The van der Waals surface area contributed by atoms with Crippen molar-refractivity contribution in [3.05, 3.63) is 17.2 Å². The molecular formula is C16H21ClN2O3. The maximum Gasteiger partial charge on any atom is 0.228 e. The Hall–Kier alpha value is -1.46. The van der Waals surface area contributed by atoms with Crippen LogP contribution in [0.4, 0.5) is 5.69 Å². The van der Waals surface area contributed by atoms with Crippen LogP contribution >= 0.6 is 11.6 Å². The molecule has 1 saturated carbocycles. The average molecular weight is 325 g/mol. The van der Waals surface area contributed by atoms with Gasteiger partial charge in [0.1, 0.15) is 11.5 Å². The first-order valence-corrected chi connectivity index (χ1v) is 7.90. The van der Waals surface area contributed by atoms with Crippen LogP contribution in [0.2, 0.25) is 5.02 Å². The van der Waals surface area contributed by atoms with Gasteiger partial charge in [0, 0.05) is 18.1 Å². The molecule has 1 aromatic rings. The summed E-state index contributed by atoms with van der Waals surface area (Å²) in [4.78, 5) is 12.5. The van der Waals surface area contributed by atoms with Gasteiger partial charge in [0.05, 0.1) is 24.9 Å². The first kappa shape index (κ1) is 15.4. The fraction of sp³-hybridized carbons (Fsp3) is 0.562. The SMILES string of the molecule is COc1cc(NC(=O)C2CC23CCNCC3)c(OC)cc1Cl. The fourth-order valence-electron chi connectivity index (χ4n) is 3.37. The third kappa shape index (κ3) is 2.75. The van der Waals surface area contributed by atoms with Crippen LogP contribution in [0.15, 0.2) is 12.1 Å². The number of nitrogens with one attached hydrogen (secondary N) is 2. The molecule has 0 radical (unpaired) electrons. The minimum atomic E-state index is 0.0598. The number of anilines is 1. The van der Waals surface area contributed by atoms with Crippen LogP contribution in [-0.4, -0.2) is 33.2 Å². The summed E-state index contributed by atoms with van der Waals surface area (Å²) in [7, 11) is 3.10. The van der Waals surface area contributed by atoms with E-state index in [1.165, 1.54) is 0 Å². The predicted octanol–water partition coefficient (Wildman–Crippen LogP) is 2.69. The Balaban J connectivity index is 1.74. The van der Waals surface area contributed by atoms with Gasteiger partial charge >= 0.3 is 0 Å². The average Bonchev–Trinajstić information content (AvgIpc) is 3.22. The Labute approximate surface area is 135 Å². The lowest BCUT2D eigenvalue weighted by atomic mass is 9.92. The highest BCUT2D eigenvalue weighted by Crippen LogP contribution is 2.59. The molecule has 1 saturated heterocycles. The number of amides is 1. The molecule has 5 nitrogen and oxygen atoms in total. The van der Waals surface area contributed by atoms with Gasteiger partial charge in [-0.25, -0.2) is 0 Å². The van der Waals surface area contributed by atoms with E-state index in [4.69, 9.17) is 21.1 Å². The number of carbonyl (C=O) groups excluding carboxylic acids is 1. The molecule has 2 fully saturated rings. The van der Waals surface area contributed by atoms with Gasteiger partial charge in [-0.15, -0.1) is 0 Å². The van der Waals surface area contributed by atoms with Gasteiger partial charge in [-0.2, -0.15) is 0 Å². The predicted molar refractivity (Wildman–Crippen MR) is 85.8 cm³/mol. The molecule has 1 heterocycles. The zero-order valence-corrected chi connectivity index (χ0v) is 13.6. The quantitative estimate of drug-likeness (QED) is 0.894. The van der Waals surface area contributed by atoms with Crippen molar-refractivity contribution in [2.45, 2.75) is 19.3 Å². The Bertz CT molecular complexity index is 585. The van der Waals surface area contributed by atoms with E-state index in [1.54, 1.807) is 26.4 Å². The smallest absolute Gasteiger partial charge is 0.228 e. The van der Waals surface area contributed by atoms with E-state index in [1.807, 2.05) is 0 Å². The second-order valence-corrected chi connectivity index (χ2v) is 6.45. The molecule has 6 heteroatoms. The van der Waals surface area contributed by atoms with E-state index in [9.17, 15) is 4.79 Å². The molecule has 1 amide bonds. The number of hydrogen-bond acceptors (Lipinski definition) is 4. The Morgan fingerprint density at radius 1 is 1.27 bits per heavy atom. The highest BCUT2D eigenvalue weighted by atomic mass is 35.5. The molecule has 1 aliphatic heterocycles. The lowest BCUT2D eigenvalue weighted by Crippen LogP contribution is -2.31. The van der Waals surface area contributed by atoms with E-state index in [-0.39, 0.29) is 17.2 Å². The molecule has 0 aromatic heterocycles. The summed E-state index contributed by atoms with van der Waals surface area (Å²) in [5, 5.41) is 6.78. The van der Waals surface area contributed by atoms with Crippen molar-refractivity contribution in [3.63, 3.8) is 0 Å². The number of halogens is 1. The van der Waals surface area contributed by atoms with Gasteiger partial charge in [0.25, 0.3) is 0 Å². The molecule has 2 N–H and O–H groups in total. The molecule has 22 heavy (non-hydrogen) atoms. The molecule has 1 atom stereocenters. The summed E-state index contributed by atoms with van der Waals surface area (Å²) >= 11 is 6.08. The molecule has 2 aliphatic rings. The zero-order valence-electron chi connectivity index (χ0n) is 12.9.